The number of rotatable bonds is 2. The van der Waals surface area contributed by atoms with Crippen LogP contribution in [0.2, 0.25) is 0 Å². The van der Waals surface area contributed by atoms with Gasteiger partial charge < -0.3 is 14.2 Å². The van der Waals surface area contributed by atoms with Gasteiger partial charge in [-0.25, -0.2) is 0 Å². The number of hydrogen-bond donors (Lipinski definition) is 0. The Hall–Kier alpha value is -0.610. The predicted molar refractivity (Wildman–Crippen MR) is 64.8 cm³/mol. The lowest BCUT2D eigenvalue weighted by Gasteiger charge is -2.36. The highest BCUT2D eigenvalue weighted by atomic mass is 16.7. The van der Waals surface area contributed by atoms with Crippen molar-refractivity contribution in [2.45, 2.75) is 44.8 Å². The summed E-state index contributed by atoms with van der Waals surface area (Å²) in [5.41, 5.74) is 0. The third kappa shape index (κ3) is 2.16. The highest BCUT2D eigenvalue weighted by Gasteiger charge is 2.59. The molecule has 3 fully saturated rings. The summed E-state index contributed by atoms with van der Waals surface area (Å²) in [6.07, 6.45) is 5.69. The average molecular weight is 254 g/mol. The van der Waals surface area contributed by atoms with E-state index in [9.17, 15) is 4.79 Å². The van der Waals surface area contributed by atoms with Gasteiger partial charge in [0.05, 0.1) is 25.7 Å². The largest absolute Gasteiger partial charge is 0.466 e. The highest BCUT2D eigenvalue weighted by Crippen LogP contribution is 2.51. The normalized spacial score (nSPS) is 37.7. The fraction of sp³-hybridized carbons (Fsp3) is 0.929. The van der Waals surface area contributed by atoms with E-state index in [1.807, 2.05) is 6.92 Å². The number of hydrogen-bond acceptors (Lipinski definition) is 4. The molecule has 2 atom stereocenters. The van der Waals surface area contributed by atoms with Crippen molar-refractivity contribution in [1.82, 2.24) is 0 Å². The van der Waals surface area contributed by atoms with Gasteiger partial charge in [0, 0.05) is 24.7 Å². The molecule has 2 unspecified atom stereocenters. The molecule has 3 rings (SSSR count). The molecule has 0 aromatic carbocycles. The molecule has 0 radical (unpaired) electrons. The van der Waals surface area contributed by atoms with Gasteiger partial charge in [-0.15, -0.1) is 0 Å². The minimum absolute atomic E-state index is 0.0193. The van der Waals surface area contributed by atoms with Gasteiger partial charge in [0.2, 0.25) is 0 Å². The maximum absolute atomic E-state index is 11.7. The van der Waals surface area contributed by atoms with E-state index in [4.69, 9.17) is 14.2 Å². The molecule has 0 amide bonds. The molecule has 102 valence electrons. The Kier molecular flexibility index (Phi) is 3.32. The second-order valence-electron chi connectivity index (χ2n) is 5.70. The van der Waals surface area contributed by atoms with Gasteiger partial charge in [-0.05, 0) is 19.8 Å². The zero-order valence-corrected chi connectivity index (χ0v) is 11.0. The van der Waals surface area contributed by atoms with Gasteiger partial charge >= 0.3 is 5.97 Å². The lowest BCUT2D eigenvalue weighted by atomic mass is 9.94. The molecule has 4 heteroatoms. The van der Waals surface area contributed by atoms with Crippen LogP contribution in [0.4, 0.5) is 0 Å². The monoisotopic (exact) mass is 254 g/mol. The van der Waals surface area contributed by atoms with Gasteiger partial charge in [0.15, 0.2) is 5.79 Å². The van der Waals surface area contributed by atoms with Crippen LogP contribution in [0.15, 0.2) is 0 Å². The van der Waals surface area contributed by atoms with E-state index in [2.05, 4.69) is 0 Å². The molecule has 0 aromatic heterocycles. The summed E-state index contributed by atoms with van der Waals surface area (Å²) >= 11 is 0. The van der Waals surface area contributed by atoms with Crippen LogP contribution in [0.1, 0.15) is 39.0 Å². The van der Waals surface area contributed by atoms with E-state index in [-0.39, 0.29) is 17.7 Å². The number of fused-ring (bicyclic) bond motifs is 1. The summed E-state index contributed by atoms with van der Waals surface area (Å²) in [4.78, 5) is 11.7. The smallest absolute Gasteiger partial charge is 0.309 e. The first kappa shape index (κ1) is 12.4. The van der Waals surface area contributed by atoms with Crippen LogP contribution in [0, 0.1) is 17.8 Å². The second-order valence-corrected chi connectivity index (χ2v) is 5.70. The summed E-state index contributed by atoms with van der Waals surface area (Å²) in [5, 5.41) is 0. The van der Waals surface area contributed by atoms with Crippen LogP contribution in [0.5, 0.6) is 0 Å². The van der Waals surface area contributed by atoms with Crippen LogP contribution >= 0.6 is 0 Å². The van der Waals surface area contributed by atoms with E-state index < -0.39 is 0 Å². The van der Waals surface area contributed by atoms with Crippen molar-refractivity contribution in [2.75, 3.05) is 19.8 Å². The maximum atomic E-state index is 11.7. The molecule has 2 saturated carbocycles. The molecule has 0 bridgehead atoms. The van der Waals surface area contributed by atoms with Crippen molar-refractivity contribution in [3.63, 3.8) is 0 Å². The fourth-order valence-corrected chi connectivity index (χ4v) is 3.40. The van der Waals surface area contributed by atoms with Crippen molar-refractivity contribution >= 4 is 5.97 Å². The van der Waals surface area contributed by atoms with Crippen LogP contribution in [-0.2, 0) is 19.0 Å². The van der Waals surface area contributed by atoms with Crippen LogP contribution in [0.25, 0.3) is 0 Å². The quantitative estimate of drug-likeness (QED) is 0.708. The molecular formula is C14H22O4. The third-order valence-electron chi connectivity index (χ3n) is 4.58. The molecule has 1 heterocycles. The van der Waals surface area contributed by atoms with Crippen molar-refractivity contribution < 1.29 is 19.0 Å². The number of ether oxygens (including phenoxy) is 3. The summed E-state index contributed by atoms with van der Waals surface area (Å²) in [6, 6.07) is 0. The fourth-order valence-electron chi connectivity index (χ4n) is 3.40. The van der Waals surface area contributed by atoms with Gasteiger partial charge in [-0.2, -0.15) is 0 Å². The topological polar surface area (TPSA) is 44.8 Å². The lowest BCUT2D eigenvalue weighted by molar-refractivity contribution is -0.247. The average Bonchev–Trinajstić information content (AvgIpc) is 3.10. The molecule has 1 saturated heterocycles. The van der Waals surface area contributed by atoms with E-state index >= 15 is 0 Å². The molecule has 1 spiro atoms. The first-order valence-electron chi connectivity index (χ1n) is 7.20. The molecule has 4 nitrogen and oxygen atoms in total. The van der Waals surface area contributed by atoms with Crippen molar-refractivity contribution in [3.05, 3.63) is 0 Å². The van der Waals surface area contributed by atoms with E-state index in [1.54, 1.807) is 0 Å². The first-order chi connectivity index (χ1) is 8.76. The number of carbonyl (C=O) groups is 1. The standard InChI is InChI=1S/C14H22O4/c1-2-16-13(15)12-10-8-17-14(18-9-11(10)12)6-4-3-5-7-14/h10-12H,2-9H2,1H3. The van der Waals surface area contributed by atoms with E-state index in [0.29, 0.717) is 31.7 Å². The number of carbonyl (C=O) groups excluding carboxylic acids is 1. The Labute approximate surface area is 108 Å². The van der Waals surface area contributed by atoms with Crippen molar-refractivity contribution in [2.24, 2.45) is 17.8 Å². The lowest BCUT2D eigenvalue weighted by Crippen LogP contribution is -2.38. The SMILES string of the molecule is CCOC(=O)C1C2COC3(CCCCC3)OCC21. The van der Waals surface area contributed by atoms with Crippen LogP contribution in [0.3, 0.4) is 0 Å². The highest BCUT2D eigenvalue weighted by molar-refractivity contribution is 5.76. The number of esters is 1. The Balaban J connectivity index is 1.57. The zero-order chi connectivity index (χ0) is 12.6. The van der Waals surface area contributed by atoms with E-state index in [0.717, 1.165) is 12.8 Å². The minimum atomic E-state index is -0.328. The van der Waals surface area contributed by atoms with Crippen molar-refractivity contribution in [3.8, 4) is 0 Å². The third-order valence-corrected chi connectivity index (χ3v) is 4.58. The van der Waals surface area contributed by atoms with Crippen molar-refractivity contribution in [1.29, 1.82) is 0 Å². The molecule has 2 aliphatic carbocycles. The summed E-state index contributed by atoms with van der Waals surface area (Å²) < 4.78 is 17.1. The molecular weight excluding hydrogens is 232 g/mol. The Morgan fingerprint density at radius 1 is 1.17 bits per heavy atom. The zero-order valence-electron chi connectivity index (χ0n) is 11.0. The van der Waals surface area contributed by atoms with Crippen LogP contribution < -0.4 is 0 Å². The predicted octanol–water partition coefficient (Wildman–Crippen LogP) is 2.12. The van der Waals surface area contributed by atoms with Gasteiger partial charge in [0.1, 0.15) is 0 Å². The Morgan fingerprint density at radius 3 is 2.33 bits per heavy atom. The van der Waals surface area contributed by atoms with Gasteiger partial charge in [-0.1, -0.05) is 6.42 Å². The Morgan fingerprint density at radius 2 is 1.78 bits per heavy atom. The van der Waals surface area contributed by atoms with Gasteiger partial charge in [-0.3, -0.25) is 4.79 Å². The second kappa shape index (κ2) is 4.82. The molecule has 1 aliphatic heterocycles. The first-order valence-corrected chi connectivity index (χ1v) is 7.20. The molecule has 0 N–H and O–H groups in total. The summed E-state index contributed by atoms with van der Waals surface area (Å²) in [6.45, 7) is 3.63. The van der Waals surface area contributed by atoms with Gasteiger partial charge in [0.25, 0.3) is 0 Å². The minimum Gasteiger partial charge on any atom is -0.466 e. The summed E-state index contributed by atoms with van der Waals surface area (Å²) in [7, 11) is 0. The molecule has 18 heavy (non-hydrogen) atoms. The van der Waals surface area contributed by atoms with Crippen LogP contribution in [-0.4, -0.2) is 31.6 Å². The van der Waals surface area contributed by atoms with E-state index in [1.165, 1.54) is 19.3 Å². The Bertz CT molecular complexity index is 306. The summed E-state index contributed by atoms with van der Waals surface area (Å²) in [5.74, 6) is 0.270. The molecule has 0 aromatic rings. The molecule has 3 aliphatic rings. The maximum Gasteiger partial charge on any atom is 0.309 e.